The lowest BCUT2D eigenvalue weighted by Gasteiger charge is -2.12. The molecule has 1 rings (SSSR count). The summed E-state index contributed by atoms with van der Waals surface area (Å²) >= 11 is 0.731. The lowest BCUT2D eigenvalue weighted by atomic mass is 10.3. The molecule has 0 spiro atoms. The molecule has 0 radical (unpaired) electrons. The van der Waals surface area contributed by atoms with Gasteiger partial charge in [0.05, 0.1) is 0 Å². The van der Waals surface area contributed by atoms with Gasteiger partial charge in [-0.1, -0.05) is 0 Å². The smallest absolute Gasteiger partial charge is 0.346 e. The molecule has 0 saturated heterocycles. The van der Waals surface area contributed by atoms with Gasteiger partial charge in [-0.2, -0.15) is 0 Å². The lowest BCUT2D eigenvalue weighted by Crippen LogP contribution is -2.33. The van der Waals surface area contributed by atoms with E-state index >= 15 is 0 Å². The molecule has 0 amide bonds. The Morgan fingerprint density at radius 2 is 2.15 bits per heavy atom. The maximum Gasteiger partial charge on any atom is 0.346 e. The van der Waals surface area contributed by atoms with Crippen LogP contribution in [-0.2, 0) is 20.8 Å². The number of carbonyl (C=O) groups is 1. The minimum atomic E-state index is -3.74. The van der Waals surface area contributed by atoms with Crippen LogP contribution in [0.5, 0.6) is 0 Å². The second kappa shape index (κ2) is 6.79. The zero-order chi connectivity index (χ0) is 15.5. The Kier molecular flexibility index (Phi) is 5.87. The minimum Gasteiger partial charge on any atom is -0.477 e. The predicted molar refractivity (Wildman–Crippen MR) is 79.3 cm³/mol. The summed E-state index contributed by atoms with van der Waals surface area (Å²) in [7, 11) is -4.71. The molecule has 0 aromatic carbocycles. The van der Waals surface area contributed by atoms with Crippen molar-refractivity contribution in [3.05, 3.63) is 16.5 Å². The Labute approximate surface area is 124 Å². The highest BCUT2D eigenvalue weighted by Gasteiger charge is 2.23. The molecule has 114 valence electrons. The van der Waals surface area contributed by atoms with E-state index < -0.39 is 26.8 Å². The number of hydrogen-bond donors (Lipinski definition) is 2. The average molecular weight is 339 g/mol. The standard InChI is InChI=1S/C11H17NO5S3/c1-7-6-9(18-10(7)11(13)14)20(16,17)12-8(2)4-5-19(3)15/h6,8,12H,4-5H2,1-3H3,(H,13,14). The number of sulfonamides is 1. The fourth-order valence-corrected chi connectivity index (χ4v) is 4.88. The van der Waals surface area contributed by atoms with E-state index in [0.717, 1.165) is 11.3 Å². The van der Waals surface area contributed by atoms with Crippen LogP contribution in [0.4, 0.5) is 0 Å². The van der Waals surface area contributed by atoms with E-state index in [0.29, 0.717) is 17.7 Å². The van der Waals surface area contributed by atoms with Crippen molar-refractivity contribution < 1.29 is 22.5 Å². The van der Waals surface area contributed by atoms with Crippen LogP contribution in [0.2, 0.25) is 0 Å². The second-order valence-electron chi connectivity index (χ2n) is 4.47. The largest absolute Gasteiger partial charge is 0.477 e. The first-order valence-corrected chi connectivity index (χ1v) is 9.82. The molecule has 9 heteroatoms. The molecule has 0 aliphatic rings. The minimum absolute atomic E-state index is 0.0168. The average Bonchev–Trinajstić information content (AvgIpc) is 2.69. The Morgan fingerprint density at radius 1 is 1.55 bits per heavy atom. The lowest BCUT2D eigenvalue weighted by molar-refractivity contribution is 0.0701. The van der Waals surface area contributed by atoms with Crippen molar-refractivity contribution in [2.24, 2.45) is 0 Å². The molecule has 2 N–H and O–H groups in total. The maximum atomic E-state index is 12.1. The monoisotopic (exact) mass is 339 g/mol. The molecule has 6 nitrogen and oxygen atoms in total. The summed E-state index contributed by atoms with van der Waals surface area (Å²) in [5, 5.41) is 8.93. The number of rotatable bonds is 7. The number of hydrogen-bond acceptors (Lipinski definition) is 5. The van der Waals surface area contributed by atoms with Gasteiger partial charge < -0.3 is 5.11 Å². The summed E-state index contributed by atoms with van der Waals surface area (Å²) in [4.78, 5) is 10.9. The summed E-state index contributed by atoms with van der Waals surface area (Å²) in [5.74, 6) is -0.726. The van der Waals surface area contributed by atoms with E-state index in [2.05, 4.69) is 4.72 Å². The number of carboxylic acid groups (broad SMARTS) is 1. The number of carboxylic acids is 1. The molecule has 0 aliphatic heterocycles. The number of aromatic carboxylic acids is 1. The summed E-state index contributed by atoms with van der Waals surface area (Å²) in [6, 6.07) is 0.987. The van der Waals surface area contributed by atoms with Crippen molar-refractivity contribution in [3.8, 4) is 0 Å². The molecule has 0 bridgehead atoms. The molecule has 1 aromatic heterocycles. The third-order valence-corrected chi connectivity index (χ3v) is 6.65. The third kappa shape index (κ3) is 4.65. The molecule has 20 heavy (non-hydrogen) atoms. The number of thiophene rings is 1. The van der Waals surface area contributed by atoms with Crippen molar-refractivity contribution in [3.63, 3.8) is 0 Å². The Morgan fingerprint density at radius 3 is 2.60 bits per heavy atom. The molecule has 0 aliphatic carbocycles. The van der Waals surface area contributed by atoms with E-state index in [-0.39, 0.29) is 15.1 Å². The van der Waals surface area contributed by atoms with E-state index in [9.17, 15) is 17.4 Å². The first-order chi connectivity index (χ1) is 9.13. The van der Waals surface area contributed by atoms with Gasteiger partial charge in [0.2, 0.25) is 10.0 Å². The van der Waals surface area contributed by atoms with Gasteiger partial charge >= 0.3 is 5.97 Å². The molecular weight excluding hydrogens is 322 g/mol. The third-order valence-electron chi connectivity index (χ3n) is 2.55. The van der Waals surface area contributed by atoms with Crippen LogP contribution >= 0.6 is 11.3 Å². The van der Waals surface area contributed by atoms with Gasteiger partial charge in [-0.3, -0.25) is 4.21 Å². The van der Waals surface area contributed by atoms with Crippen LogP contribution in [0.3, 0.4) is 0 Å². The SMILES string of the molecule is Cc1cc(S(=O)(=O)NC(C)CCS(C)=O)sc1C(=O)O. The van der Waals surface area contributed by atoms with Crippen molar-refractivity contribution in [1.82, 2.24) is 4.72 Å². The van der Waals surface area contributed by atoms with Gasteiger partial charge in [0, 0.05) is 28.9 Å². The maximum absolute atomic E-state index is 12.1. The first-order valence-electron chi connectivity index (χ1n) is 5.79. The number of aryl methyl sites for hydroxylation is 1. The van der Waals surface area contributed by atoms with Gasteiger partial charge in [-0.15, -0.1) is 11.3 Å². The Bertz CT molecular complexity index is 620. The van der Waals surface area contributed by atoms with Crippen LogP contribution in [-0.4, -0.2) is 41.8 Å². The molecule has 0 saturated carbocycles. The summed E-state index contributed by atoms with van der Waals surface area (Å²) < 4.78 is 37.6. The van der Waals surface area contributed by atoms with E-state index in [4.69, 9.17) is 5.11 Å². The van der Waals surface area contributed by atoms with Crippen LogP contribution in [0, 0.1) is 6.92 Å². The molecular formula is C11H17NO5S3. The predicted octanol–water partition coefficient (Wildman–Crippen LogP) is 1.19. The zero-order valence-corrected chi connectivity index (χ0v) is 13.8. The normalized spacial score (nSPS) is 14.9. The first kappa shape index (κ1) is 17.3. The molecule has 0 fully saturated rings. The highest BCUT2D eigenvalue weighted by atomic mass is 32.2. The summed E-state index contributed by atoms with van der Waals surface area (Å²) in [6.45, 7) is 3.24. The van der Waals surface area contributed by atoms with Crippen LogP contribution < -0.4 is 4.72 Å². The van der Waals surface area contributed by atoms with Crippen molar-refractivity contribution >= 4 is 38.1 Å². The molecule has 1 heterocycles. The Hall–Kier alpha value is -0.770. The topological polar surface area (TPSA) is 101 Å². The van der Waals surface area contributed by atoms with Crippen molar-refractivity contribution in [2.45, 2.75) is 30.5 Å². The second-order valence-corrected chi connectivity index (χ2v) is 9.02. The number of nitrogens with one attached hydrogen (secondary N) is 1. The molecule has 1 aromatic rings. The highest BCUT2D eigenvalue weighted by molar-refractivity contribution is 7.91. The van der Waals surface area contributed by atoms with Crippen LogP contribution in [0.25, 0.3) is 0 Å². The van der Waals surface area contributed by atoms with E-state index in [1.807, 2.05) is 0 Å². The van der Waals surface area contributed by atoms with Gasteiger partial charge in [0.25, 0.3) is 0 Å². The van der Waals surface area contributed by atoms with Gasteiger partial charge in [-0.25, -0.2) is 17.9 Å². The van der Waals surface area contributed by atoms with Crippen LogP contribution in [0.15, 0.2) is 10.3 Å². The van der Waals surface area contributed by atoms with Gasteiger partial charge in [-0.05, 0) is 31.9 Å². The van der Waals surface area contributed by atoms with E-state index in [1.165, 1.54) is 6.07 Å². The Balaban J connectivity index is 2.86. The summed E-state index contributed by atoms with van der Waals surface area (Å²) in [6.07, 6.45) is 2.02. The highest BCUT2D eigenvalue weighted by Crippen LogP contribution is 2.26. The van der Waals surface area contributed by atoms with Crippen molar-refractivity contribution in [2.75, 3.05) is 12.0 Å². The summed E-state index contributed by atoms with van der Waals surface area (Å²) in [5.41, 5.74) is 0.421. The van der Waals surface area contributed by atoms with Gasteiger partial charge in [0.1, 0.15) is 9.09 Å². The fourth-order valence-electron chi connectivity index (χ4n) is 1.52. The molecule has 2 atom stereocenters. The zero-order valence-electron chi connectivity index (χ0n) is 11.4. The van der Waals surface area contributed by atoms with Gasteiger partial charge in [0.15, 0.2) is 0 Å². The van der Waals surface area contributed by atoms with Crippen molar-refractivity contribution in [1.29, 1.82) is 0 Å². The quantitative estimate of drug-likeness (QED) is 0.777. The fraction of sp³-hybridized carbons (Fsp3) is 0.545. The molecule has 2 unspecified atom stereocenters. The van der Waals surface area contributed by atoms with E-state index in [1.54, 1.807) is 20.1 Å². The van der Waals surface area contributed by atoms with Crippen LogP contribution in [0.1, 0.15) is 28.6 Å².